The molecule has 12 heteroatoms. The minimum atomic E-state index is -0.886. The van der Waals surface area contributed by atoms with Crippen LogP contribution in [0.5, 0.6) is 5.75 Å². The van der Waals surface area contributed by atoms with Crippen molar-refractivity contribution in [2.45, 2.75) is 78.6 Å². The minimum Gasteiger partial charge on any atom is -0.488 e. The first-order valence-electron chi connectivity index (χ1n) is 16.2. The lowest BCUT2D eigenvalue weighted by Crippen LogP contribution is -2.55. The minimum absolute atomic E-state index is 0.0165. The second-order valence-corrected chi connectivity index (χ2v) is 13.0. The Hall–Kier alpha value is -3.84. The third-order valence-electron chi connectivity index (χ3n) is 8.54. The molecule has 2 unspecified atom stereocenters. The van der Waals surface area contributed by atoms with Crippen molar-refractivity contribution in [1.29, 1.82) is 0 Å². The molecule has 47 heavy (non-hydrogen) atoms. The van der Waals surface area contributed by atoms with Crippen LogP contribution < -0.4 is 10.1 Å². The van der Waals surface area contributed by atoms with Crippen molar-refractivity contribution < 1.29 is 33.7 Å². The van der Waals surface area contributed by atoms with Crippen LogP contribution in [0.2, 0.25) is 0 Å². The van der Waals surface area contributed by atoms with E-state index in [0.717, 1.165) is 27.3 Å². The maximum absolute atomic E-state index is 14.1. The van der Waals surface area contributed by atoms with Gasteiger partial charge in [0.15, 0.2) is 6.29 Å². The molecule has 3 heterocycles. The number of amides is 3. The maximum Gasteiger partial charge on any atom is 0.255 e. The highest BCUT2D eigenvalue weighted by molar-refractivity contribution is 7.13. The SMILES string of the molecule is CCOC(COc1cc(-c2scnc2C)ccc1CNC(=O)C1CC(O)CN1C(=O)[C@H](C(C)C)N1Cc2ccccc2C1=O)OCC. The molecule has 2 aliphatic rings. The van der Waals surface area contributed by atoms with Crippen molar-refractivity contribution in [2.75, 3.05) is 26.4 Å². The fourth-order valence-electron chi connectivity index (χ4n) is 6.28. The van der Waals surface area contributed by atoms with Gasteiger partial charge in [-0.3, -0.25) is 14.4 Å². The zero-order chi connectivity index (χ0) is 33.7. The van der Waals surface area contributed by atoms with Gasteiger partial charge in [-0.2, -0.15) is 0 Å². The first-order chi connectivity index (χ1) is 22.6. The van der Waals surface area contributed by atoms with Crippen molar-refractivity contribution in [1.82, 2.24) is 20.1 Å². The largest absolute Gasteiger partial charge is 0.488 e. The van der Waals surface area contributed by atoms with E-state index >= 15 is 0 Å². The molecule has 0 radical (unpaired) electrons. The van der Waals surface area contributed by atoms with Gasteiger partial charge < -0.3 is 34.4 Å². The summed E-state index contributed by atoms with van der Waals surface area (Å²) in [7, 11) is 0. The van der Waals surface area contributed by atoms with Crippen molar-refractivity contribution >= 4 is 29.1 Å². The second-order valence-electron chi connectivity index (χ2n) is 12.1. The first-order valence-corrected chi connectivity index (χ1v) is 17.0. The topological polar surface area (TPSA) is 131 Å². The summed E-state index contributed by atoms with van der Waals surface area (Å²) >= 11 is 1.53. The van der Waals surface area contributed by atoms with E-state index in [1.165, 1.54) is 16.2 Å². The van der Waals surface area contributed by atoms with Gasteiger partial charge in [-0.05, 0) is 49.9 Å². The summed E-state index contributed by atoms with van der Waals surface area (Å²) < 4.78 is 17.5. The van der Waals surface area contributed by atoms with E-state index in [0.29, 0.717) is 31.1 Å². The highest BCUT2D eigenvalue weighted by Gasteiger charge is 2.45. The number of benzene rings is 2. The number of aliphatic hydroxyl groups excluding tert-OH is 1. The predicted octanol–water partition coefficient (Wildman–Crippen LogP) is 4.16. The summed E-state index contributed by atoms with van der Waals surface area (Å²) in [5, 5.41) is 13.6. The molecule has 11 nitrogen and oxygen atoms in total. The van der Waals surface area contributed by atoms with Crippen molar-refractivity contribution in [3.05, 3.63) is 70.4 Å². The molecule has 1 aromatic heterocycles. The summed E-state index contributed by atoms with van der Waals surface area (Å²) in [6.07, 6.45) is -1.30. The second kappa shape index (κ2) is 15.4. The lowest BCUT2D eigenvalue weighted by molar-refractivity contribution is -0.152. The number of thiazole rings is 1. The van der Waals surface area contributed by atoms with Crippen molar-refractivity contribution in [3.8, 4) is 16.2 Å². The first kappa shape index (κ1) is 34.5. The third-order valence-corrected chi connectivity index (χ3v) is 9.52. The molecule has 1 saturated heterocycles. The molecule has 0 aliphatic carbocycles. The number of nitrogens with zero attached hydrogens (tertiary/aromatic N) is 3. The molecule has 252 valence electrons. The van der Waals surface area contributed by atoms with E-state index < -0.39 is 24.5 Å². The summed E-state index contributed by atoms with van der Waals surface area (Å²) in [5.41, 5.74) is 5.83. The molecule has 1 fully saturated rings. The molecule has 3 atom stereocenters. The Labute approximate surface area is 279 Å². The number of aliphatic hydroxyl groups is 1. The normalized spacial score (nSPS) is 18.3. The van der Waals surface area contributed by atoms with E-state index in [1.54, 1.807) is 16.5 Å². The molecule has 3 aromatic rings. The lowest BCUT2D eigenvalue weighted by atomic mass is 10.0. The number of hydrogen-bond donors (Lipinski definition) is 2. The summed E-state index contributed by atoms with van der Waals surface area (Å²) in [6.45, 7) is 11.1. The number of nitrogens with one attached hydrogen (secondary N) is 1. The van der Waals surface area contributed by atoms with Crippen LogP contribution in [0.1, 0.15) is 61.3 Å². The van der Waals surface area contributed by atoms with Crippen LogP contribution in [0.3, 0.4) is 0 Å². The molecular weight excluding hydrogens is 620 g/mol. The molecule has 0 bridgehead atoms. The van der Waals surface area contributed by atoms with Crippen LogP contribution in [-0.2, 0) is 32.2 Å². The van der Waals surface area contributed by atoms with Crippen LogP contribution in [-0.4, -0.2) is 88.5 Å². The quantitative estimate of drug-likeness (QED) is 0.246. The molecule has 3 amide bonds. The van der Waals surface area contributed by atoms with Crippen LogP contribution in [0, 0.1) is 12.8 Å². The monoisotopic (exact) mass is 664 g/mol. The van der Waals surface area contributed by atoms with Gasteiger partial charge in [0.05, 0.1) is 22.2 Å². The standard InChI is InChI=1S/C35H44N4O7S/c1-6-44-30(45-7-2)19-46-29-14-23(32-22(5)37-20-47-32)12-13-24(29)16-36-33(41)28-15-26(40)18-38(28)35(43)31(21(3)4)39-17-25-10-8-9-11-27(25)34(39)42/h8-14,20-21,26,28,30-31,40H,6-7,15-19H2,1-5H3,(H,36,41)/t26?,28?,31-/m0/s1. The van der Waals surface area contributed by atoms with Crippen LogP contribution in [0.4, 0.5) is 0 Å². The molecule has 0 saturated carbocycles. The number of ether oxygens (including phenoxy) is 3. The van der Waals surface area contributed by atoms with Gasteiger partial charge in [0.1, 0.15) is 24.4 Å². The van der Waals surface area contributed by atoms with E-state index in [1.807, 2.05) is 71.0 Å². The Balaban J connectivity index is 1.32. The summed E-state index contributed by atoms with van der Waals surface area (Å²) in [5.74, 6) is -0.577. The maximum atomic E-state index is 14.1. The van der Waals surface area contributed by atoms with Crippen molar-refractivity contribution in [3.63, 3.8) is 0 Å². The Bertz CT molecular complexity index is 1570. The highest BCUT2D eigenvalue weighted by atomic mass is 32.1. The molecule has 0 spiro atoms. The average Bonchev–Trinajstić information content (AvgIpc) is 3.75. The molecule has 2 aromatic carbocycles. The van der Waals surface area contributed by atoms with Gasteiger partial charge in [-0.25, -0.2) is 4.98 Å². The van der Waals surface area contributed by atoms with Gasteiger partial charge in [0.2, 0.25) is 11.8 Å². The molecule has 5 rings (SSSR count). The zero-order valence-electron chi connectivity index (χ0n) is 27.6. The molecular formula is C35H44N4O7S. The third kappa shape index (κ3) is 7.67. The van der Waals surface area contributed by atoms with Gasteiger partial charge >= 0.3 is 0 Å². The summed E-state index contributed by atoms with van der Waals surface area (Å²) in [4.78, 5) is 49.5. The number of carbonyl (C=O) groups is 3. The molecule has 2 aliphatic heterocycles. The number of likely N-dealkylation sites (tertiary alicyclic amines) is 1. The van der Waals surface area contributed by atoms with E-state index in [-0.39, 0.29) is 49.8 Å². The van der Waals surface area contributed by atoms with Gasteiger partial charge in [-0.1, -0.05) is 44.2 Å². The Kier molecular flexibility index (Phi) is 11.3. The molecule has 2 N–H and O–H groups in total. The average molecular weight is 665 g/mol. The van der Waals surface area contributed by atoms with Gasteiger partial charge in [0.25, 0.3) is 5.91 Å². The van der Waals surface area contributed by atoms with Crippen LogP contribution >= 0.6 is 11.3 Å². The number of hydrogen-bond acceptors (Lipinski definition) is 9. The number of rotatable bonds is 14. The number of aromatic nitrogens is 1. The fraction of sp³-hybridized carbons (Fsp3) is 0.486. The fourth-order valence-corrected chi connectivity index (χ4v) is 7.09. The Morgan fingerprint density at radius 1 is 1.13 bits per heavy atom. The number of aryl methyl sites for hydroxylation is 1. The number of carbonyl (C=O) groups excluding carboxylic acids is 3. The Morgan fingerprint density at radius 2 is 1.87 bits per heavy atom. The van der Waals surface area contributed by atoms with E-state index in [9.17, 15) is 19.5 Å². The van der Waals surface area contributed by atoms with E-state index in [4.69, 9.17) is 14.2 Å². The number of β-amino-alcohol motifs (C(OH)–C–C–N with tert-alkyl or cyclic N) is 1. The lowest BCUT2D eigenvalue weighted by Gasteiger charge is -2.35. The van der Waals surface area contributed by atoms with Gasteiger partial charge in [0, 0.05) is 50.4 Å². The smallest absolute Gasteiger partial charge is 0.255 e. The van der Waals surface area contributed by atoms with Gasteiger partial charge in [-0.15, -0.1) is 11.3 Å². The predicted molar refractivity (Wildman–Crippen MR) is 178 cm³/mol. The van der Waals surface area contributed by atoms with Crippen LogP contribution in [0.25, 0.3) is 10.4 Å². The van der Waals surface area contributed by atoms with Crippen molar-refractivity contribution in [2.24, 2.45) is 5.92 Å². The highest BCUT2D eigenvalue weighted by Crippen LogP contribution is 2.33. The summed E-state index contributed by atoms with van der Waals surface area (Å²) in [6, 6.07) is 11.5. The van der Waals surface area contributed by atoms with Crippen LogP contribution in [0.15, 0.2) is 48.0 Å². The number of fused-ring (bicyclic) bond motifs is 1. The zero-order valence-corrected chi connectivity index (χ0v) is 28.4. The van der Waals surface area contributed by atoms with E-state index in [2.05, 4.69) is 10.3 Å². The Morgan fingerprint density at radius 3 is 2.53 bits per heavy atom.